The van der Waals surface area contributed by atoms with E-state index in [0.717, 1.165) is 6.92 Å². The highest BCUT2D eigenvalue weighted by molar-refractivity contribution is 5.16. The maximum absolute atomic E-state index is 12.8. The molecule has 0 spiro atoms. The molecule has 0 aromatic heterocycles. The van der Waals surface area contributed by atoms with E-state index in [4.69, 9.17) is 5.11 Å². The lowest BCUT2D eigenvalue weighted by Crippen LogP contribution is -2.51. The van der Waals surface area contributed by atoms with Gasteiger partial charge < -0.3 is 5.11 Å². The predicted octanol–water partition coefficient (Wildman–Crippen LogP) is 3.78. The van der Waals surface area contributed by atoms with E-state index in [1.807, 2.05) is 13.8 Å². The highest BCUT2D eigenvalue weighted by Crippen LogP contribution is 2.47. The summed E-state index contributed by atoms with van der Waals surface area (Å²) in [5.41, 5.74) is -6.18. The second-order valence-corrected chi connectivity index (χ2v) is 2.86. The molecule has 0 unspecified atom stereocenters. The zero-order chi connectivity index (χ0) is 14.5. The summed E-state index contributed by atoms with van der Waals surface area (Å²) in [7, 11) is 0. The number of aliphatic hydroxyl groups excluding tert-OH is 1. The van der Waals surface area contributed by atoms with E-state index in [0.29, 0.717) is 0 Å². The van der Waals surface area contributed by atoms with Gasteiger partial charge in [-0.25, -0.2) is 4.39 Å². The van der Waals surface area contributed by atoms with Crippen LogP contribution in [0.1, 0.15) is 20.8 Å². The van der Waals surface area contributed by atoms with Gasteiger partial charge in [-0.05, 0) is 18.6 Å². The molecule has 0 aliphatic carbocycles. The van der Waals surface area contributed by atoms with Crippen LogP contribution in [-0.4, -0.2) is 29.7 Å². The zero-order valence-corrected chi connectivity index (χ0v) is 9.38. The molecule has 0 heterocycles. The molecule has 1 nitrogen and oxygen atoms in total. The molecule has 0 aromatic rings. The Morgan fingerprint density at radius 3 is 1.41 bits per heavy atom. The highest BCUT2D eigenvalue weighted by Gasteiger charge is 2.71. The lowest BCUT2D eigenvalue weighted by Gasteiger charge is -2.27. The van der Waals surface area contributed by atoms with Gasteiger partial charge in [-0.2, -0.15) is 26.3 Å². The molecule has 0 radical (unpaired) electrons. The van der Waals surface area contributed by atoms with Gasteiger partial charge in [-0.15, -0.1) is 0 Å². The summed E-state index contributed by atoms with van der Waals surface area (Å²) in [5.74, 6) is 0. The monoisotopic (exact) mass is 270 g/mol. The van der Waals surface area contributed by atoms with Crippen LogP contribution in [0, 0.1) is 0 Å². The first kappa shape index (κ1) is 18.6. The highest BCUT2D eigenvalue weighted by atomic mass is 19.4. The summed E-state index contributed by atoms with van der Waals surface area (Å²) >= 11 is 0. The smallest absolute Gasteiger partial charge is 0.392 e. The maximum Gasteiger partial charge on any atom is 0.435 e. The average Bonchev–Trinajstić information content (AvgIpc) is 2.17. The molecule has 104 valence electrons. The van der Waals surface area contributed by atoms with Crippen molar-refractivity contribution in [3.8, 4) is 0 Å². The topological polar surface area (TPSA) is 20.2 Å². The van der Waals surface area contributed by atoms with Gasteiger partial charge in [0.15, 0.2) is 0 Å². The van der Waals surface area contributed by atoms with Gasteiger partial charge in [0, 0.05) is 0 Å². The third-order valence-electron chi connectivity index (χ3n) is 1.52. The van der Waals surface area contributed by atoms with E-state index >= 15 is 0 Å². The van der Waals surface area contributed by atoms with Crippen LogP contribution in [-0.2, 0) is 0 Å². The SMILES string of the molecule is C/C(=C\C(F)(C(F)(F)F)C(F)(F)F)CO.CC. The van der Waals surface area contributed by atoms with Crippen molar-refractivity contribution in [2.45, 2.75) is 38.8 Å². The number of hydrogen-bond acceptors (Lipinski definition) is 1. The molecular weight excluding hydrogens is 257 g/mol. The Kier molecular flexibility index (Phi) is 6.80. The normalized spacial score (nSPS) is 14.2. The molecule has 0 fully saturated rings. The van der Waals surface area contributed by atoms with Crippen LogP contribution in [0.15, 0.2) is 11.6 Å². The fraction of sp³-hybridized carbons (Fsp3) is 0.778. The lowest BCUT2D eigenvalue weighted by molar-refractivity contribution is -0.322. The Balaban J connectivity index is 0. The number of rotatable bonds is 2. The Labute approximate surface area is 93.9 Å². The summed E-state index contributed by atoms with van der Waals surface area (Å²) in [5, 5.41) is 8.26. The van der Waals surface area contributed by atoms with Gasteiger partial charge in [0.2, 0.25) is 0 Å². The third-order valence-corrected chi connectivity index (χ3v) is 1.52. The average molecular weight is 270 g/mol. The molecule has 0 rings (SSSR count). The molecule has 0 aromatic carbocycles. The minimum absolute atomic E-state index is 0.674. The number of hydrogen-bond donors (Lipinski definition) is 1. The molecule has 0 amide bonds. The Hall–Kier alpha value is -0.790. The Morgan fingerprint density at radius 1 is 0.941 bits per heavy atom. The van der Waals surface area contributed by atoms with Crippen molar-refractivity contribution in [3.05, 3.63) is 11.6 Å². The molecule has 17 heavy (non-hydrogen) atoms. The van der Waals surface area contributed by atoms with Gasteiger partial charge in [0.05, 0.1) is 6.61 Å². The molecule has 0 bridgehead atoms. The quantitative estimate of drug-likeness (QED) is 0.598. The molecule has 0 aliphatic heterocycles. The number of allylic oxidation sites excluding steroid dienone is 1. The summed E-state index contributed by atoms with van der Waals surface area (Å²) in [6.07, 6.45) is -12.9. The van der Waals surface area contributed by atoms with Gasteiger partial charge >= 0.3 is 18.0 Å². The molecule has 8 heteroatoms. The van der Waals surface area contributed by atoms with Crippen molar-refractivity contribution >= 4 is 0 Å². The summed E-state index contributed by atoms with van der Waals surface area (Å²) < 4.78 is 84.1. The molecule has 0 saturated carbocycles. The van der Waals surface area contributed by atoms with Gasteiger partial charge in [0.25, 0.3) is 0 Å². The largest absolute Gasteiger partial charge is 0.435 e. The molecule has 0 aliphatic rings. The van der Waals surface area contributed by atoms with E-state index in [2.05, 4.69) is 0 Å². The van der Waals surface area contributed by atoms with Crippen molar-refractivity contribution in [1.29, 1.82) is 0 Å². The third kappa shape index (κ3) is 4.53. The second-order valence-electron chi connectivity index (χ2n) is 2.86. The van der Waals surface area contributed by atoms with Crippen molar-refractivity contribution in [2.75, 3.05) is 6.61 Å². The summed E-state index contributed by atoms with van der Waals surface area (Å²) in [6, 6.07) is 0. The molecular formula is C9H13F7O. The fourth-order valence-corrected chi connectivity index (χ4v) is 0.710. The summed E-state index contributed by atoms with van der Waals surface area (Å²) in [4.78, 5) is 0. The van der Waals surface area contributed by atoms with Crippen molar-refractivity contribution in [2.24, 2.45) is 0 Å². The standard InChI is InChI=1S/C7H7F7O.C2H6/c1-4(3-15)2-5(8,6(9,10)11)7(12,13)14;1-2/h2,15H,3H2,1H3;1-2H3/b4-2+;. The van der Waals surface area contributed by atoms with Crippen LogP contribution in [0.25, 0.3) is 0 Å². The minimum atomic E-state index is -6.11. The fourth-order valence-electron chi connectivity index (χ4n) is 0.710. The first-order valence-electron chi connectivity index (χ1n) is 4.57. The van der Waals surface area contributed by atoms with Crippen molar-refractivity contribution in [1.82, 2.24) is 0 Å². The van der Waals surface area contributed by atoms with Gasteiger partial charge in [0.1, 0.15) is 0 Å². The first-order valence-corrected chi connectivity index (χ1v) is 4.57. The number of aliphatic hydroxyl groups is 1. The van der Waals surface area contributed by atoms with Crippen LogP contribution < -0.4 is 0 Å². The Bertz CT molecular complexity index is 237. The maximum atomic E-state index is 12.8. The van der Waals surface area contributed by atoms with E-state index in [9.17, 15) is 30.7 Å². The lowest BCUT2D eigenvalue weighted by atomic mass is 10.0. The van der Waals surface area contributed by atoms with Crippen LogP contribution in [0.4, 0.5) is 30.7 Å². The predicted molar refractivity (Wildman–Crippen MR) is 48.1 cm³/mol. The Morgan fingerprint density at radius 2 is 1.24 bits per heavy atom. The first-order chi connectivity index (χ1) is 7.45. The van der Waals surface area contributed by atoms with E-state index in [1.165, 1.54) is 0 Å². The van der Waals surface area contributed by atoms with Crippen molar-refractivity contribution < 1.29 is 35.8 Å². The number of alkyl halides is 7. The molecule has 0 saturated heterocycles. The van der Waals surface area contributed by atoms with Gasteiger partial charge in [-0.3, -0.25) is 0 Å². The van der Waals surface area contributed by atoms with Crippen LogP contribution in [0.2, 0.25) is 0 Å². The summed E-state index contributed by atoms with van der Waals surface area (Å²) in [6.45, 7) is 3.67. The van der Waals surface area contributed by atoms with E-state index in [-0.39, 0.29) is 0 Å². The number of halogens is 7. The minimum Gasteiger partial charge on any atom is -0.392 e. The molecule has 1 N–H and O–H groups in total. The van der Waals surface area contributed by atoms with Crippen molar-refractivity contribution in [3.63, 3.8) is 0 Å². The van der Waals surface area contributed by atoms with Crippen LogP contribution >= 0.6 is 0 Å². The van der Waals surface area contributed by atoms with E-state index < -0.39 is 36.3 Å². The van der Waals surface area contributed by atoms with E-state index in [1.54, 1.807) is 0 Å². The second kappa shape index (κ2) is 6.23. The van der Waals surface area contributed by atoms with Crippen LogP contribution in [0.3, 0.4) is 0 Å². The van der Waals surface area contributed by atoms with Crippen LogP contribution in [0.5, 0.6) is 0 Å². The molecule has 0 atom stereocenters. The zero-order valence-electron chi connectivity index (χ0n) is 9.38. The van der Waals surface area contributed by atoms with Gasteiger partial charge in [-0.1, -0.05) is 13.8 Å².